The second-order valence-electron chi connectivity index (χ2n) is 5.53. The monoisotopic (exact) mass is 286 g/mol. The molecule has 4 rings (SSSR count). The molecule has 1 aliphatic rings. The second-order valence-corrected chi connectivity index (χ2v) is 5.53. The average Bonchev–Trinajstić information content (AvgIpc) is 2.57. The highest BCUT2D eigenvalue weighted by atomic mass is 16.3. The number of carbonyl (C=O) groups is 1. The van der Waals surface area contributed by atoms with Crippen LogP contribution in [0.3, 0.4) is 0 Å². The number of fused-ring (bicyclic) bond motifs is 2. The maximum absolute atomic E-state index is 12.7. The van der Waals surface area contributed by atoms with Crippen molar-refractivity contribution >= 4 is 5.78 Å². The maximum atomic E-state index is 12.7. The van der Waals surface area contributed by atoms with Gasteiger partial charge in [-0.3, -0.25) is 4.79 Å². The minimum atomic E-state index is 0.0192. The number of phenolic OH excluding ortho intramolecular Hbond substituents is 1. The summed E-state index contributed by atoms with van der Waals surface area (Å²) in [4.78, 5) is 12.7. The molecule has 0 spiro atoms. The first-order chi connectivity index (χ1) is 10.8. The molecular formula is C20H14O2. The molecule has 0 aromatic heterocycles. The highest BCUT2D eigenvalue weighted by molar-refractivity contribution is 6.13. The summed E-state index contributed by atoms with van der Waals surface area (Å²) < 4.78 is 0. The summed E-state index contributed by atoms with van der Waals surface area (Å²) >= 11 is 0. The molecule has 22 heavy (non-hydrogen) atoms. The van der Waals surface area contributed by atoms with Crippen molar-refractivity contribution in [1.82, 2.24) is 0 Å². The molecule has 2 nitrogen and oxygen atoms in total. The number of ketones is 1. The zero-order valence-electron chi connectivity index (χ0n) is 11.9. The van der Waals surface area contributed by atoms with Crippen LogP contribution in [0.2, 0.25) is 0 Å². The van der Waals surface area contributed by atoms with Crippen LogP contribution in [0.5, 0.6) is 5.75 Å². The van der Waals surface area contributed by atoms with Crippen LogP contribution >= 0.6 is 0 Å². The summed E-state index contributed by atoms with van der Waals surface area (Å²) in [7, 11) is 0. The van der Waals surface area contributed by atoms with Crippen LogP contribution in [0.15, 0.2) is 72.8 Å². The molecule has 106 valence electrons. The Bertz CT molecular complexity index is 813. The van der Waals surface area contributed by atoms with Crippen LogP contribution in [-0.2, 0) is 0 Å². The molecule has 0 heterocycles. The predicted octanol–water partition coefficient (Wildman–Crippen LogP) is 4.12. The molecule has 3 aromatic carbocycles. The van der Waals surface area contributed by atoms with Crippen LogP contribution in [0, 0.1) is 0 Å². The van der Waals surface area contributed by atoms with Gasteiger partial charge in [0.25, 0.3) is 0 Å². The van der Waals surface area contributed by atoms with E-state index < -0.39 is 0 Å². The summed E-state index contributed by atoms with van der Waals surface area (Å²) in [5.41, 5.74) is 4.65. The van der Waals surface area contributed by atoms with E-state index >= 15 is 0 Å². The molecule has 3 aromatic rings. The Balaban J connectivity index is 2.00. The van der Waals surface area contributed by atoms with Crippen molar-refractivity contribution < 1.29 is 9.90 Å². The maximum Gasteiger partial charge on any atom is 0.193 e. The van der Waals surface area contributed by atoms with Gasteiger partial charge in [0.2, 0.25) is 0 Å². The summed E-state index contributed by atoms with van der Waals surface area (Å²) in [6, 6.07) is 22.8. The van der Waals surface area contributed by atoms with E-state index in [1.807, 2.05) is 60.7 Å². The number of aromatic hydroxyl groups is 1. The molecule has 0 fully saturated rings. The van der Waals surface area contributed by atoms with Gasteiger partial charge < -0.3 is 5.11 Å². The topological polar surface area (TPSA) is 37.3 Å². The van der Waals surface area contributed by atoms with Crippen molar-refractivity contribution in [3.05, 3.63) is 101 Å². The molecule has 0 saturated carbocycles. The van der Waals surface area contributed by atoms with Gasteiger partial charge in [-0.2, -0.15) is 0 Å². The first-order valence-electron chi connectivity index (χ1n) is 7.27. The highest BCUT2D eigenvalue weighted by Gasteiger charge is 2.31. The summed E-state index contributed by atoms with van der Waals surface area (Å²) in [6.45, 7) is 0. The Morgan fingerprint density at radius 1 is 0.682 bits per heavy atom. The summed E-state index contributed by atoms with van der Waals surface area (Å²) in [5.74, 6) is 0.351. The van der Waals surface area contributed by atoms with Crippen molar-refractivity contribution in [3.8, 4) is 5.75 Å². The van der Waals surface area contributed by atoms with Gasteiger partial charge >= 0.3 is 0 Å². The average molecular weight is 286 g/mol. The minimum Gasteiger partial charge on any atom is -0.508 e. The first kappa shape index (κ1) is 12.8. The zero-order valence-corrected chi connectivity index (χ0v) is 11.9. The van der Waals surface area contributed by atoms with Crippen LogP contribution in [-0.4, -0.2) is 10.9 Å². The molecule has 0 atom stereocenters. The van der Waals surface area contributed by atoms with E-state index in [-0.39, 0.29) is 17.5 Å². The zero-order chi connectivity index (χ0) is 15.1. The Kier molecular flexibility index (Phi) is 2.83. The van der Waals surface area contributed by atoms with Gasteiger partial charge in [-0.1, -0.05) is 60.7 Å². The van der Waals surface area contributed by atoms with Crippen LogP contribution in [0.4, 0.5) is 0 Å². The predicted molar refractivity (Wildman–Crippen MR) is 85.4 cm³/mol. The van der Waals surface area contributed by atoms with Gasteiger partial charge in [-0.05, 0) is 28.8 Å². The Morgan fingerprint density at radius 2 is 1.18 bits per heavy atom. The van der Waals surface area contributed by atoms with Crippen LogP contribution < -0.4 is 0 Å². The fourth-order valence-corrected chi connectivity index (χ4v) is 3.25. The van der Waals surface area contributed by atoms with Gasteiger partial charge in [-0.15, -0.1) is 0 Å². The quantitative estimate of drug-likeness (QED) is 0.571. The standard InChI is InChI=1S/C20H14O2/c21-14-11-9-13(10-12-14)19-15-5-1-3-7-17(15)20(22)18-8-4-2-6-16(18)19/h1-12,19,21H. The molecule has 0 saturated heterocycles. The fourth-order valence-electron chi connectivity index (χ4n) is 3.25. The number of carbonyl (C=O) groups excluding carboxylic acids is 1. The lowest BCUT2D eigenvalue weighted by Gasteiger charge is -2.28. The van der Waals surface area contributed by atoms with E-state index in [4.69, 9.17) is 0 Å². The number of benzene rings is 3. The third-order valence-corrected chi connectivity index (χ3v) is 4.26. The Morgan fingerprint density at radius 3 is 1.73 bits per heavy atom. The largest absolute Gasteiger partial charge is 0.508 e. The molecule has 1 aliphatic carbocycles. The van der Waals surface area contributed by atoms with E-state index in [1.54, 1.807) is 12.1 Å². The number of hydrogen-bond acceptors (Lipinski definition) is 2. The van der Waals surface area contributed by atoms with Gasteiger partial charge in [0, 0.05) is 17.0 Å². The first-order valence-corrected chi connectivity index (χ1v) is 7.27. The smallest absolute Gasteiger partial charge is 0.193 e. The van der Waals surface area contributed by atoms with Crippen molar-refractivity contribution in [1.29, 1.82) is 0 Å². The highest BCUT2D eigenvalue weighted by Crippen LogP contribution is 2.40. The minimum absolute atomic E-state index is 0.0192. The van der Waals surface area contributed by atoms with Crippen molar-refractivity contribution in [2.75, 3.05) is 0 Å². The Hall–Kier alpha value is -2.87. The lowest BCUT2D eigenvalue weighted by Crippen LogP contribution is -2.20. The summed E-state index contributed by atoms with van der Waals surface area (Å²) in [6.07, 6.45) is 0. The SMILES string of the molecule is O=C1c2ccccc2C(c2ccc(O)cc2)c2ccccc21. The summed E-state index contributed by atoms with van der Waals surface area (Å²) in [5, 5.41) is 9.53. The lowest BCUT2D eigenvalue weighted by molar-refractivity contribution is 0.103. The van der Waals surface area contributed by atoms with Crippen molar-refractivity contribution in [2.45, 2.75) is 5.92 Å². The lowest BCUT2D eigenvalue weighted by atomic mass is 9.74. The normalized spacial score (nSPS) is 13.5. The van der Waals surface area contributed by atoms with Crippen LogP contribution in [0.25, 0.3) is 0 Å². The number of rotatable bonds is 1. The molecule has 0 aliphatic heterocycles. The number of hydrogen-bond donors (Lipinski definition) is 1. The van der Waals surface area contributed by atoms with E-state index in [2.05, 4.69) is 0 Å². The fraction of sp³-hybridized carbons (Fsp3) is 0.0500. The molecule has 0 bridgehead atoms. The molecule has 2 heteroatoms. The van der Waals surface area contributed by atoms with E-state index in [0.717, 1.165) is 27.8 Å². The van der Waals surface area contributed by atoms with Gasteiger partial charge in [-0.25, -0.2) is 0 Å². The molecule has 0 amide bonds. The molecule has 0 radical (unpaired) electrons. The van der Waals surface area contributed by atoms with Crippen molar-refractivity contribution in [3.63, 3.8) is 0 Å². The van der Waals surface area contributed by atoms with E-state index in [0.29, 0.717) is 0 Å². The van der Waals surface area contributed by atoms with E-state index in [1.165, 1.54) is 0 Å². The third-order valence-electron chi connectivity index (χ3n) is 4.26. The third kappa shape index (κ3) is 1.85. The second kappa shape index (κ2) is 4.85. The van der Waals surface area contributed by atoms with Gasteiger partial charge in [0.1, 0.15) is 5.75 Å². The van der Waals surface area contributed by atoms with Crippen molar-refractivity contribution in [2.24, 2.45) is 0 Å². The molecule has 1 N–H and O–H groups in total. The number of phenols is 1. The van der Waals surface area contributed by atoms with Crippen LogP contribution in [0.1, 0.15) is 38.5 Å². The van der Waals surface area contributed by atoms with Gasteiger partial charge in [0.15, 0.2) is 5.78 Å². The molecular weight excluding hydrogens is 272 g/mol. The molecule has 0 unspecified atom stereocenters. The Labute approximate surface area is 128 Å². The van der Waals surface area contributed by atoms with E-state index in [9.17, 15) is 9.90 Å². The van der Waals surface area contributed by atoms with Gasteiger partial charge in [0.05, 0.1) is 0 Å².